The topological polar surface area (TPSA) is 6.48 Å². The van der Waals surface area contributed by atoms with Crippen LogP contribution in [0.3, 0.4) is 0 Å². The van der Waals surface area contributed by atoms with Crippen molar-refractivity contribution in [2.24, 2.45) is 11.8 Å². The molecule has 0 aromatic carbocycles. The van der Waals surface area contributed by atoms with Crippen molar-refractivity contribution in [2.45, 2.75) is 59.0 Å². The summed E-state index contributed by atoms with van der Waals surface area (Å²) in [5.74, 6) is 1.83. The molecule has 0 bridgehead atoms. The summed E-state index contributed by atoms with van der Waals surface area (Å²) in [5.41, 5.74) is 0. The number of hydrogen-bond donors (Lipinski definition) is 0. The monoisotopic (exact) mass is 238 g/mol. The van der Waals surface area contributed by atoms with Crippen molar-refractivity contribution in [3.63, 3.8) is 0 Å². The van der Waals surface area contributed by atoms with E-state index in [4.69, 9.17) is 0 Å². The SMILES string of the molecule is CC1CCN(C2CCN(C(C)C)CC2)CC1C. The highest BCUT2D eigenvalue weighted by Crippen LogP contribution is 2.27. The van der Waals surface area contributed by atoms with E-state index < -0.39 is 0 Å². The van der Waals surface area contributed by atoms with Crippen molar-refractivity contribution in [3.8, 4) is 0 Å². The van der Waals surface area contributed by atoms with Gasteiger partial charge in [-0.3, -0.25) is 0 Å². The van der Waals surface area contributed by atoms with Gasteiger partial charge in [0.25, 0.3) is 0 Å². The van der Waals surface area contributed by atoms with Crippen molar-refractivity contribution in [1.82, 2.24) is 9.80 Å². The molecule has 2 heterocycles. The maximum absolute atomic E-state index is 2.78. The Hall–Kier alpha value is -0.0800. The molecule has 2 rings (SSSR count). The fourth-order valence-electron chi connectivity index (χ4n) is 3.39. The Balaban J connectivity index is 1.81. The molecule has 2 saturated heterocycles. The first-order valence-corrected chi connectivity index (χ1v) is 7.56. The zero-order valence-corrected chi connectivity index (χ0v) is 12.2. The second kappa shape index (κ2) is 5.71. The van der Waals surface area contributed by atoms with E-state index in [1.54, 1.807) is 0 Å². The number of likely N-dealkylation sites (tertiary alicyclic amines) is 2. The molecule has 2 heteroatoms. The molecule has 0 N–H and O–H groups in total. The van der Waals surface area contributed by atoms with Gasteiger partial charge in [-0.2, -0.15) is 0 Å². The number of hydrogen-bond acceptors (Lipinski definition) is 2. The smallest absolute Gasteiger partial charge is 0.0120 e. The summed E-state index contributed by atoms with van der Waals surface area (Å²) in [6.45, 7) is 14.8. The van der Waals surface area contributed by atoms with Crippen LogP contribution < -0.4 is 0 Å². The minimum Gasteiger partial charge on any atom is -0.301 e. The molecule has 0 aromatic rings. The lowest BCUT2D eigenvalue weighted by Crippen LogP contribution is -2.50. The Morgan fingerprint density at radius 1 is 0.882 bits per heavy atom. The Morgan fingerprint density at radius 3 is 2.06 bits per heavy atom. The van der Waals surface area contributed by atoms with E-state index in [0.29, 0.717) is 0 Å². The molecule has 17 heavy (non-hydrogen) atoms. The fourth-order valence-corrected chi connectivity index (χ4v) is 3.39. The molecule has 0 aromatic heterocycles. The molecule has 0 spiro atoms. The van der Waals surface area contributed by atoms with Crippen LogP contribution in [-0.2, 0) is 0 Å². The lowest BCUT2D eigenvalue weighted by Gasteiger charge is -2.44. The van der Waals surface area contributed by atoms with Crippen molar-refractivity contribution in [3.05, 3.63) is 0 Å². The van der Waals surface area contributed by atoms with Crippen LogP contribution in [-0.4, -0.2) is 48.1 Å². The predicted octanol–water partition coefficient (Wildman–Crippen LogP) is 2.84. The van der Waals surface area contributed by atoms with E-state index in [1.165, 1.54) is 45.4 Å². The van der Waals surface area contributed by atoms with Gasteiger partial charge in [0.1, 0.15) is 0 Å². The van der Waals surface area contributed by atoms with Crippen LogP contribution in [0, 0.1) is 11.8 Å². The molecule has 0 amide bonds. The largest absolute Gasteiger partial charge is 0.301 e. The van der Waals surface area contributed by atoms with Crippen LogP contribution in [0.25, 0.3) is 0 Å². The standard InChI is InChI=1S/C15H30N2/c1-12(2)16-9-6-15(7-10-16)17-8-5-13(3)14(4)11-17/h12-15H,5-11H2,1-4H3. The lowest BCUT2D eigenvalue weighted by molar-refractivity contribution is 0.0485. The van der Waals surface area contributed by atoms with E-state index in [1.807, 2.05) is 0 Å². The second-order valence-electron chi connectivity index (χ2n) is 6.60. The van der Waals surface area contributed by atoms with Crippen molar-refractivity contribution in [2.75, 3.05) is 26.2 Å². The zero-order chi connectivity index (χ0) is 12.4. The average Bonchev–Trinajstić information content (AvgIpc) is 2.33. The summed E-state index contributed by atoms with van der Waals surface area (Å²) in [6.07, 6.45) is 4.18. The van der Waals surface area contributed by atoms with Crippen LogP contribution in [0.15, 0.2) is 0 Å². The van der Waals surface area contributed by atoms with Gasteiger partial charge >= 0.3 is 0 Å². The van der Waals surface area contributed by atoms with Gasteiger partial charge < -0.3 is 9.80 Å². The Kier molecular flexibility index (Phi) is 4.48. The van der Waals surface area contributed by atoms with Gasteiger partial charge in [0, 0.05) is 18.6 Å². The molecule has 2 aliphatic heterocycles. The van der Waals surface area contributed by atoms with Crippen LogP contribution in [0.4, 0.5) is 0 Å². The number of nitrogens with zero attached hydrogens (tertiary/aromatic N) is 2. The van der Waals surface area contributed by atoms with Crippen molar-refractivity contribution >= 4 is 0 Å². The van der Waals surface area contributed by atoms with E-state index in [9.17, 15) is 0 Å². The molecule has 0 radical (unpaired) electrons. The normalized spacial score (nSPS) is 34.4. The van der Waals surface area contributed by atoms with Gasteiger partial charge in [0.15, 0.2) is 0 Å². The third-order valence-corrected chi connectivity index (χ3v) is 5.11. The van der Waals surface area contributed by atoms with Crippen LogP contribution in [0.2, 0.25) is 0 Å². The minimum absolute atomic E-state index is 0.733. The average molecular weight is 238 g/mol. The fraction of sp³-hybridized carbons (Fsp3) is 1.00. The van der Waals surface area contributed by atoms with Gasteiger partial charge in [0.2, 0.25) is 0 Å². The molecule has 2 unspecified atom stereocenters. The molecule has 2 nitrogen and oxygen atoms in total. The van der Waals surface area contributed by atoms with Gasteiger partial charge in [-0.05, 0) is 64.6 Å². The molecular formula is C15H30N2. The first-order chi connectivity index (χ1) is 8.08. The highest BCUT2D eigenvalue weighted by Gasteiger charge is 2.30. The van der Waals surface area contributed by atoms with Crippen molar-refractivity contribution in [1.29, 1.82) is 0 Å². The molecule has 2 aliphatic rings. The summed E-state index contributed by atoms with van der Waals surface area (Å²) >= 11 is 0. The summed E-state index contributed by atoms with van der Waals surface area (Å²) in [4.78, 5) is 5.41. The Bertz CT molecular complexity index is 231. The molecular weight excluding hydrogens is 208 g/mol. The van der Waals surface area contributed by atoms with Gasteiger partial charge in [-0.1, -0.05) is 13.8 Å². The van der Waals surface area contributed by atoms with Crippen LogP contribution in [0.1, 0.15) is 47.0 Å². The molecule has 2 atom stereocenters. The minimum atomic E-state index is 0.733. The van der Waals surface area contributed by atoms with E-state index in [-0.39, 0.29) is 0 Å². The van der Waals surface area contributed by atoms with E-state index >= 15 is 0 Å². The van der Waals surface area contributed by atoms with Crippen molar-refractivity contribution < 1.29 is 0 Å². The highest BCUT2D eigenvalue weighted by molar-refractivity contribution is 4.85. The highest BCUT2D eigenvalue weighted by atomic mass is 15.2. The molecule has 100 valence electrons. The molecule has 0 saturated carbocycles. The third-order valence-electron chi connectivity index (χ3n) is 5.11. The zero-order valence-electron chi connectivity index (χ0n) is 12.2. The third kappa shape index (κ3) is 3.23. The summed E-state index contributed by atoms with van der Waals surface area (Å²) in [7, 11) is 0. The van der Waals surface area contributed by atoms with E-state index in [0.717, 1.165) is 23.9 Å². The van der Waals surface area contributed by atoms with Gasteiger partial charge in [-0.15, -0.1) is 0 Å². The molecule has 2 fully saturated rings. The quantitative estimate of drug-likeness (QED) is 0.730. The summed E-state index contributed by atoms with van der Waals surface area (Å²) < 4.78 is 0. The van der Waals surface area contributed by atoms with Crippen LogP contribution in [0.5, 0.6) is 0 Å². The lowest BCUT2D eigenvalue weighted by atomic mass is 9.87. The second-order valence-corrected chi connectivity index (χ2v) is 6.60. The molecule has 0 aliphatic carbocycles. The van der Waals surface area contributed by atoms with Crippen LogP contribution >= 0.6 is 0 Å². The Morgan fingerprint density at radius 2 is 1.53 bits per heavy atom. The maximum Gasteiger partial charge on any atom is 0.0120 e. The Labute approximate surface area is 107 Å². The number of rotatable bonds is 2. The summed E-state index contributed by atoms with van der Waals surface area (Å²) in [6, 6.07) is 1.61. The number of piperidine rings is 2. The predicted molar refractivity (Wildman–Crippen MR) is 74.2 cm³/mol. The van der Waals surface area contributed by atoms with Gasteiger partial charge in [-0.25, -0.2) is 0 Å². The van der Waals surface area contributed by atoms with E-state index in [2.05, 4.69) is 37.5 Å². The summed E-state index contributed by atoms with van der Waals surface area (Å²) in [5, 5.41) is 0. The van der Waals surface area contributed by atoms with Gasteiger partial charge in [0.05, 0.1) is 0 Å². The first-order valence-electron chi connectivity index (χ1n) is 7.56. The maximum atomic E-state index is 2.78. The first kappa shape index (κ1) is 13.4.